The number of aliphatic carboxylic acids is 1. The first-order valence-corrected chi connectivity index (χ1v) is 12.3. The van der Waals surface area contributed by atoms with Crippen molar-refractivity contribution in [2.75, 3.05) is 26.3 Å². The van der Waals surface area contributed by atoms with E-state index in [9.17, 15) is 18.0 Å². The molecule has 0 bridgehead atoms. The summed E-state index contributed by atoms with van der Waals surface area (Å²) in [6.45, 7) is 4.76. The van der Waals surface area contributed by atoms with E-state index in [1.54, 1.807) is 24.4 Å². The lowest BCUT2D eigenvalue weighted by molar-refractivity contribution is -0.192. The van der Waals surface area contributed by atoms with Gasteiger partial charge in [0.15, 0.2) is 5.65 Å². The van der Waals surface area contributed by atoms with Gasteiger partial charge < -0.3 is 19.6 Å². The number of H-pyrrole nitrogens is 1. The normalized spacial score (nSPS) is 17.5. The lowest BCUT2D eigenvalue weighted by Crippen LogP contribution is -2.54. The molecular weight excluding hydrogens is 545 g/mol. The van der Waals surface area contributed by atoms with Crippen LogP contribution in [0.1, 0.15) is 43.2 Å². The summed E-state index contributed by atoms with van der Waals surface area (Å²) < 4.78 is 45.0. The lowest BCUT2D eigenvalue weighted by atomic mass is 10.1. The summed E-state index contributed by atoms with van der Waals surface area (Å²) >= 11 is 6.21. The van der Waals surface area contributed by atoms with Crippen LogP contribution in [0, 0.1) is 11.3 Å². The van der Waals surface area contributed by atoms with Gasteiger partial charge in [-0.05, 0) is 38.0 Å². The van der Waals surface area contributed by atoms with Gasteiger partial charge in [-0.15, -0.1) is 0 Å². The third-order valence-corrected chi connectivity index (χ3v) is 6.73. The maximum atomic E-state index is 12.7. The summed E-state index contributed by atoms with van der Waals surface area (Å²) in [6.07, 6.45) is -1.79. The Labute approximate surface area is 224 Å². The summed E-state index contributed by atoms with van der Waals surface area (Å²) in [5.41, 5.74) is 0.949. The van der Waals surface area contributed by atoms with Gasteiger partial charge in [-0.25, -0.2) is 14.5 Å². The van der Waals surface area contributed by atoms with E-state index in [0.717, 1.165) is 12.8 Å². The zero-order valence-electron chi connectivity index (χ0n) is 20.6. The summed E-state index contributed by atoms with van der Waals surface area (Å²) in [4.78, 5) is 31.5. The molecule has 0 spiro atoms. The molecule has 15 heteroatoms. The van der Waals surface area contributed by atoms with Crippen molar-refractivity contribution in [1.29, 1.82) is 5.26 Å². The number of ether oxygens (including phenoxy) is 2. The van der Waals surface area contributed by atoms with E-state index in [1.807, 2.05) is 11.6 Å². The number of likely N-dealkylation sites (tertiary alicyclic amines) is 1. The second kappa shape index (κ2) is 11.6. The van der Waals surface area contributed by atoms with Crippen molar-refractivity contribution in [3.8, 4) is 11.8 Å². The van der Waals surface area contributed by atoms with Crippen molar-refractivity contribution in [1.82, 2.24) is 24.6 Å². The van der Waals surface area contributed by atoms with Crippen molar-refractivity contribution in [2.45, 2.75) is 44.1 Å². The van der Waals surface area contributed by atoms with Gasteiger partial charge in [-0.2, -0.15) is 23.5 Å². The van der Waals surface area contributed by atoms with Gasteiger partial charge in [0, 0.05) is 26.3 Å². The van der Waals surface area contributed by atoms with Gasteiger partial charge in [0.25, 0.3) is 5.56 Å². The zero-order valence-corrected chi connectivity index (χ0v) is 21.4. The number of nitrogens with one attached hydrogen (secondary N) is 1. The van der Waals surface area contributed by atoms with E-state index in [0.29, 0.717) is 59.5 Å². The Morgan fingerprint density at radius 3 is 2.59 bits per heavy atom. The Kier molecular flexibility index (Phi) is 8.43. The zero-order chi connectivity index (χ0) is 28.3. The van der Waals surface area contributed by atoms with E-state index >= 15 is 0 Å². The number of rotatable bonds is 5. The fourth-order valence-electron chi connectivity index (χ4n) is 4.23. The molecule has 1 atom stereocenters. The average molecular weight is 569 g/mol. The van der Waals surface area contributed by atoms with Gasteiger partial charge in [-0.1, -0.05) is 11.6 Å². The first-order chi connectivity index (χ1) is 18.5. The van der Waals surface area contributed by atoms with E-state index < -0.39 is 12.1 Å². The number of nitrogens with zero attached hydrogens (tertiary/aromatic N) is 5. The molecule has 2 aliphatic rings. The summed E-state index contributed by atoms with van der Waals surface area (Å²) in [7, 11) is 0. The molecule has 2 N–H and O–H groups in total. The van der Waals surface area contributed by atoms with E-state index in [4.69, 9.17) is 41.2 Å². The first-order valence-electron chi connectivity index (χ1n) is 11.9. The number of hydrogen-bond acceptors (Lipinski definition) is 8. The molecule has 11 nitrogen and oxygen atoms in total. The molecule has 5 rings (SSSR count). The number of carboxylic acid groups (broad SMARTS) is 1. The number of fused-ring (bicyclic) bond motifs is 1. The smallest absolute Gasteiger partial charge is 0.486 e. The Bertz CT molecular complexity index is 1440. The van der Waals surface area contributed by atoms with Gasteiger partial charge >= 0.3 is 12.1 Å². The Balaban J connectivity index is 0.000000448. The Hall–Kier alpha value is -3.67. The standard InChI is InChI=1S/C22H23ClN6O3.C2HF3O2/c1-13(28-11-16(12-28)32-19-3-2-14(9-24)8-18(19)23)20-26-21-17(22(30)27-20)10-25-29(21)15-4-6-31-7-5-15;3-2(4,5)1(6)7/h2-3,8,10,13,15-16H,4-7,11-12H2,1H3,(H,26,27,30);(H,6,7). The van der Waals surface area contributed by atoms with E-state index in [-0.39, 0.29) is 23.7 Å². The number of benzene rings is 1. The van der Waals surface area contributed by atoms with Crippen molar-refractivity contribution < 1.29 is 32.5 Å². The van der Waals surface area contributed by atoms with Crippen LogP contribution in [0.2, 0.25) is 5.02 Å². The van der Waals surface area contributed by atoms with Crippen LogP contribution >= 0.6 is 11.6 Å². The average Bonchev–Trinajstić information content (AvgIpc) is 3.31. The maximum absolute atomic E-state index is 12.7. The van der Waals surface area contributed by atoms with Gasteiger partial charge in [-0.3, -0.25) is 9.69 Å². The minimum Gasteiger partial charge on any atom is -0.486 e. The fraction of sp³-hybridized carbons (Fsp3) is 0.458. The number of carbonyl (C=O) groups is 1. The number of hydrogen-bond donors (Lipinski definition) is 2. The second-order valence-corrected chi connectivity index (χ2v) is 9.46. The van der Waals surface area contributed by atoms with Crippen molar-refractivity contribution in [3.63, 3.8) is 0 Å². The second-order valence-electron chi connectivity index (χ2n) is 9.05. The van der Waals surface area contributed by atoms with Crippen LogP contribution in [0.15, 0.2) is 29.2 Å². The number of alkyl halides is 3. The molecule has 39 heavy (non-hydrogen) atoms. The monoisotopic (exact) mass is 568 g/mol. The van der Waals surface area contributed by atoms with Crippen molar-refractivity contribution >= 4 is 28.6 Å². The highest BCUT2D eigenvalue weighted by Gasteiger charge is 2.38. The molecule has 1 aromatic carbocycles. The van der Waals surface area contributed by atoms with Crippen molar-refractivity contribution in [2.24, 2.45) is 0 Å². The first kappa shape index (κ1) is 28.3. The molecule has 2 aliphatic heterocycles. The third kappa shape index (κ3) is 6.49. The number of halogens is 4. The summed E-state index contributed by atoms with van der Waals surface area (Å²) in [5, 5.41) is 21.5. The number of nitriles is 1. The predicted molar refractivity (Wildman–Crippen MR) is 132 cm³/mol. The molecule has 0 saturated carbocycles. The third-order valence-electron chi connectivity index (χ3n) is 6.44. The predicted octanol–water partition coefficient (Wildman–Crippen LogP) is 3.45. The summed E-state index contributed by atoms with van der Waals surface area (Å²) in [6, 6.07) is 7.17. The maximum Gasteiger partial charge on any atom is 0.490 e. The molecule has 2 saturated heterocycles. The van der Waals surface area contributed by atoms with Crippen LogP contribution in [-0.4, -0.2) is 74.3 Å². The van der Waals surface area contributed by atoms with Gasteiger partial charge in [0.2, 0.25) is 0 Å². The summed E-state index contributed by atoms with van der Waals surface area (Å²) in [5.74, 6) is -1.57. The highest BCUT2D eigenvalue weighted by atomic mass is 35.5. The van der Waals surface area contributed by atoms with E-state index in [2.05, 4.69) is 21.1 Å². The lowest BCUT2D eigenvalue weighted by Gasteiger charge is -2.42. The van der Waals surface area contributed by atoms with Crippen LogP contribution in [0.5, 0.6) is 5.75 Å². The largest absolute Gasteiger partial charge is 0.490 e. The van der Waals surface area contributed by atoms with Crippen LogP contribution < -0.4 is 10.3 Å². The van der Waals surface area contributed by atoms with Gasteiger partial charge in [0.05, 0.1) is 34.9 Å². The quantitative estimate of drug-likeness (QED) is 0.472. The number of aromatic nitrogens is 4. The number of aromatic amines is 1. The SMILES string of the molecule is CC(c1nc2c(cnn2C2CCOCC2)c(=O)[nH]1)N1CC(Oc2ccc(C#N)cc2Cl)C1.O=C(O)C(F)(F)F. The van der Waals surface area contributed by atoms with Gasteiger partial charge in [0.1, 0.15) is 23.1 Å². The molecule has 0 aliphatic carbocycles. The van der Waals surface area contributed by atoms with Crippen molar-refractivity contribution in [3.05, 3.63) is 51.2 Å². The molecule has 3 aromatic rings. The molecule has 1 unspecified atom stereocenters. The Morgan fingerprint density at radius 2 is 2.00 bits per heavy atom. The van der Waals surface area contributed by atoms with E-state index in [1.165, 1.54) is 0 Å². The molecule has 208 valence electrons. The molecule has 2 aromatic heterocycles. The molecule has 4 heterocycles. The highest BCUT2D eigenvalue weighted by Crippen LogP contribution is 2.31. The highest BCUT2D eigenvalue weighted by molar-refractivity contribution is 6.32. The minimum absolute atomic E-state index is 0.0221. The molecule has 0 amide bonds. The molecule has 0 radical (unpaired) electrons. The topological polar surface area (TPSA) is 146 Å². The van der Waals surface area contributed by atoms with Crippen LogP contribution in [0.3, 0.4) is 0 Å². The van der Waals surface area contributed by atoms with Crippen LogP contribution in [0.4, 0.5) is 13.2 Å². The Morgan fingerprint density at radius 1 is 1.33 bits per heavy atom. The molecule has 2 fully saturated rings. The number of carboxylic acids is 1. The minimum atomic E-state index is -5.08. The van der Waals surface area contributed by atoms with Crippen LogP contribution in [0.25, 0.3) is 11.0 Å². The molecular formula is C24H24ClF3N6O5. The fourth-order valence-corrected chi connectivity index (χ4v) is 4.45. The van der Waals surface area contributed by atoms with Crippen LogP contribution in [-0.2, 0) is 9.53 Å².